The van der Waals surface area contributed by atoms with Crippen LogP contribution in [0.4, 0.5) is 0 Å². The van der Waals surface area contributed by atoms with Crippen molar-refractivity contribution in [3.05, 3.63) is 42.9 Å². The molecule has 18 heavy (non-hydrogen) atoms. The number of fused-ring (bicyclic) bond motifs is 1. The van der Waals surface area contributed by atoms with Crippen LogP contribution in [0.1, 0.15) is 4.88 Å². The van der Waals surface area contributed by atoms with Crippen LogP contribution in [0.3, 0.4) is 0 Å². The Labute approximate surface area is 126 Å². The molecule has 0 atom stereocenters. The molecule has 0 amide bonds. The van der Waals surface area contributed by atoms with Crippen molar-refractivity contribution in [2.24, 2.45) is 0 Å². The number of aromatic nitrogens is 3. The third-order valence-electron chi connectivity index (χ3n) is 2.51. The first-order chi connectivity index (χ1) is 8.63. The van der Waals surface area contributed by atoms with Crippen molar-refractivity contribution in [2.45, 2.75) is 6.54 Å². The van der Waals surface area contributed by atoms with Gasteiger partial charge in [-0.1, -0.05) is 11.6 Å². The van der Waals surface area contributed by atoms with E-state index in [1.165, 1.54) is 4.88 Å². The van der Waals surface area contributed by atoms with Crippen LogP contribution >= 0.6 is 51.1 Å². The highest BCUT2D eigenvalue weighted by Gasteiger charge is 2.08. The molecule has 3 nitrogen and oxygen atoms in total. The Kier molecular flexibility index (Phi) is 3.27. The van der Waals surface area contributed by atoms with Gasteiger partial charge in [0.25, 0.3) is 0 Å². The van der Waals surface area contributed by atoms with E-state index in [0.717, 1.165) is 15.6 Å². The van der Waals surface area contributed by atoms with Crippen LogP contribution < -0.4 is 0 Å². The zero-order valence-electron chi connectivity index (χ0n) is 8.98. The summed E-state index contributed by atoms with van der Waals surface area (Å²) < 4.78 is 3.72. The number of nitrogens with one attached hydrogen (secondary N) is 1. The highest BCUT2D eigenvalue weighted by molar-refractivity contribution is 9.10. The molecule has 0 aliphatic rings. The molecule has 0 radical (unpaired) electrons. The smallest absolute Gasteiger partial charge is 0.179 e. The third kappa shape index (κ3) is 2.25. The van der Waals surface area contributed by atoms with E-state index in [9.17, 15) is 0 Å². The van der Waals surface area contributed by atoms with Gasteiger partial charge in [0.1, 0.15) is 0 Å². The summed E-state index contributed by atoms with van der Waals surface area (Å²) in [4.78, 5) is 8.67. The Bertz CT molecular complexity index is 774. The van der Waals surface area contributed by atoms with Crippen LogP contribution in [0, 0.1) is 4.77 Å². The molecule has 0 aliphatic heterocycles. The molecule has 0 fully saturated rings. The summed E-state index contributed by atoms with van der Waals surface area (Å²) in [6, 6.07) is 3.92. The Morgan fingerprint density at radius 1 is 1.50 bits per heavy atom. The van der Waals surface area contributed by atoms with Crippen LogP contribution in [0.2, 0.25) is 5.02 Å². The van der Waals surface area contributed by atoms with E-state index in [4.69, 9.17) is 23.8 Å². The van der Waals surface area contributed by atoms with Gasteiger partial charge in [0.05, 0.1) is 17.1 Å². The van der Waals surface area contributed by atoms with Crippen molar-refractivity contribution in [2.75, 3.05) is 0 Å². The molecule has 92 valence electrons. The number of rotatable bonds is 2. The Morgan fingerprint density at radius 3 is 3.06 bits per heavy atom. The molecule has 3 rings (SSSR count). The fourth-order valence-corrected chi connectivity index (χ4v) is 3.61. The summed E-state index contributed by atoms with van der Waals surface area (Å²) in [6.45, 7) is 0.712. The number of hydrogen-bond acceptors (Lipinski definition) is 3. The van der Waals surface area contributed by atoms with Gasteiger partial charge in [0.2, 0.25) is 0 Å². The number of nitrogens with zero attached hydrogens (tertiary/aromatic N) is 2. The molecule has 0 aromatic carbocycles. The maximum Gasteiger partial charge on any atom is 0.179 e. The molecule has 0 saturated carbocycles. The monoisotopic (exact) mass is 359 g/mol. The van der Waals surface area contributed by atoms with Gasteiger partial charge in [-0.3, -0.25) is 4.57 Å². The first-order valence-corrected chi connectivity index (χ1v) is 7.56. The topological polar surface area (TPSA) is 33.6 Å². The predicted molar refractivity (Wildman–Crippen MR) is 81.0 cm³/mol. The second-order valence-electron chi connectivity index (χ2n) is 3.77. The Morgan fingerprint density at radius 2 is 2.33 bits per heavy atom. The molecule has 7 heteroatoms. The zero-order chi connectivity index (χ0) is 12.7. The van der Waals surface area contributed by atoms with Crippen molar-refractivity contribution in [1.29, 1.82) is 0 Å². The van der Waals surface area contributed by atoms with E-state index in [1.807, 2.05) is 10.6 Å². The highest BCUT2D eigenvalue weighted by atomic mass is 79.9. The molecule has 0 bridgehead atoms. The maximum atomic E-state index is 5.91. The van der Waals surface area contributed by atoms with E-state index in [2.05, 4.69) is 37.3 Å². The molecule has 0 saturated heterocycles. The van der Waals surface area contributed by atoms with E-state index < -0.39 is 0 Å². The average molecular weight is 361 g/mol. The lowest BCUT2D eigenvalue weighted by atomic mass is 10.4. The van der Waals surface area contributed by atoms with Crippen molar-refractivity contribution < 1.29 is 0 Å². The first-order valence-electron chi connectivity index (χ1n) is 5.10. The van der Waals surface area contributed by atoms with Crippen LogP contribution in [0.5, 0.6) is 0 Å². The van der Waals surface area contributed by atoms with Gasteiger partial charge in [-0.15, -0.1) is 11.3 Å². The summed E-state index contributed by atoms with van der Waals surface area (Å²) in [6.07, 6.45) is 1.63. The SMILES string of the molecule is S=c1[nH]c2cc(Cl)cnc2n1Cc1cc(Br)cs1. The molecular weight excluding hydrogens is 354 g/mol. The minimum Gasteiger partial charge on any atom is -0.329 e. The third-order valence-corrected chi connectivity index (χ3v) is 4.72. The lowest BCUT2D eigenvalue weighted by molar-refractivity contribution is 0.813. The minimum absolute atomic E-state index is 0.602. The number of halogens is 2. The van der Waals surface area contributed by atoms with Gasteiger partial charge >= 0.3 is 0 Å². The molecule has 3 aromatic heterocycles. The predicted octanol–water partition coefficient (Wildman–Crippen LogP) is 4.62. The number of thiophene rings is 1. The van der Waals surface area contributed by atoms with Crippen molar-refractivity contribution >= 4 is 62.2 Å². The molecular formula is C11H7BrClN3S2. The first kappa shape index (κ1) is 12.3. The second kappa shape index (κ2) is 4.77. The molecule has 3 aromatic rings. The van der Waals surface area contributed by atoms with Gasteiger partial charge in [0.15, 0.2) is 10.4 Å². The van der Waals surface area contributed by atoms with E-state index in [-0.39, 0.29) is 0 Å². The summed E-state index contributed by atoms with van der Waals surface area (Å²) >= 11 is 16.4. The van der Waals surface area contributed by atoms with Gasteiger partial charge in [0, 0.05) is 20.9 Å². The van der Waals surface area contributed by atoms with Crippen molar-refractivity contribution in [1.82, 2.24) is 14.5 Å². The summed E-state index contributed by atoms with van der Waals surface area (Å²) in [5.41, 5.74) is 1.69. The maximum absolute atomic E-state index is 5.91. The quantitative estimate of drug-likeness (QED) is 0.677. The Hall–Kier alpha value is -0.690. The van der Waals surface area contributed by atoms with Crippen molar-refractivity contribution in [3.63, 3.8) is 0 Å². The Balaban J connectivity index is 2.11. The molecule has 3 heterocycles. The minimum atomic E-state index is 0.602. The molecule has 0 spiro atoms. The van der Waals surface area contributed by atoms with Crippen LogP contribution in [-0.4, -0.2) is 14.5 Å². The fraction of sp³-hybridized carbons (Fsp3) is 0.0909. The van der Waals surface area contributed by atoms with Crippen LogP contribution in [0.15, 0.2) is 28.2 Å². The second-order valence-corrected chi connectivity index (χ2v) is 6.51. The number of hydrogen-bond donors (Lipinski definition) is 1. The van der Waals surface area contributed by atoms with E-state index in [1.54, 1.807) is 17.5 Å². The van der Waals surface area contributed by atoms with Crippen LogP contribution in [-0.2, 0) is 6.54 Å². The standard InChI is InChI=1S/C11H7BrClN3S2/c12-6-1-8(18-5-6)4-16-10-9(15-11(16)17)2-7(13)3-14-10/h1-3,5H,4H2,(H,15,17). The fourth-order valence-electron chi connectivity index (χ4n) is 1.76. The number of aromatic amines is 1. The van der Waals surface area contributed by atoms with E-state index >= 15 is 0 Å². The van der Waals surface area contributed by atoms with Crippen LogP contribution in [0.25, 0.3) is 11.2 Å². The summed E-state index contributed by atoms with van der Waals surface area (Å²) in [5, 5.41) is 2.66. The highest BCUT2D eigenvalue weighted by Crippen LogP contribution is 2.23. The van der Waals surface area contributed by atoms with Gasteiger partial charge < -0.3 is 4.98 Å². The number of H-pyrrole nitrogens is 1. The lowest BCUT2D eigenvalue weighted by Gasteiger charge is -2.01. The van der Waals surface area contributed by atoms with Gasteiger partial charge in [-0.25, -0.2) is 4.98 Å². The number of imidazole rings is 1. The lowest BCUT2D eigenvalue weighted by Crippen LogP contribution is -1.98. The number of pyridine rings is 1. The molecule has 0 unspecified atom stereocenters. The molecule has 0 aliphatic carbocycles. The zero-order valence-corrected chi connectivity index (χ0v) is 13.0. The van der Waals surface area contributed by atoms with E-state index in [0.29, 0.717) is 16.3 Å². The normalized spacial score (nSPS) is 11.2. The summed E-state index contributed by atoms with van der Waals surface area (Å²) in [7, 11) is 0. The van der Waals surface area contributed by atoms with Gasteiger partial charge in [-0.05, 0) is 40.3 Å². The summed E-state index contributed by atoms with van der Waals surface area (Å²) in [5.74, 6) is 0. The van der Waals surface area contributed by atoms with Crippen molar-refractivity contribution in [3.8, 4) is 0 Å². The van der Waals surface area contributed by atoms with Gasteiger partial charge in [-0.2, -0.15) is 0 Å². The average Bonchev–Trinajstić information content (AvgIpc) is 2.84. The molecule has 1 N–H and O–H groups in total. The largest absolute Gasteiger partial charge is 0.329 e.